The summed E-state index contributed by atoms with van der Waals surface area (Å²) in [5, 5.41) is 2.70. The van der Waals surface area contributed by atoms with Gasteiger partial charge in [0.1, 0.15) is 36.6 Å². The monoisotopic (exact) mass is 389 g/mol. The van der Waals surface area contributed by atoms with Crippen molar-refractivity contribution in [2.75, 3.05) is 20.3 Å². The van der Waals surface area contributed by atoms with E-state index in [0.29, 0.717) is 17.1 Å². The summed E-state index contributed by atoms with van der Waals surface area (Å²) < 4.78 is 28.5. The molecule has 0 saturated heterocycles. The molecule has 7 heteroatoms. The van der Waals surface area contributed by atoms with Gasteiger partial charge in [0.05, 0.1) is 7.11 Å². The molecule has 0 spiro atoms. The predicted molar refractivity (Wildman–Crippen MR) is 102 cm³/mol. The molecule has 1 atom stereocenters. The number of carbonyl (C=O) groups is 2. The number of benzene rings is 2. The zero-order chi connectivity index (χ0) is 20.5. The van der Waals surface area contributed by atoms with Crippen LogP contribution in [-0.4, -0.2) is 38.2 Å². The minimum Gasteiger partial charge on any atom is -0.497 e. The van der Waals surface area contributed by atoms with Gasteiger partial charge in [-0.05, 0) is 54.4 Å². The summed E-state index contributed by atoms with van der Waals surface area (Å²) in [5.74, 6) is -0.317. The lowest BCUT2D eigenvalue weighted by Crippen LogP contribution is -2.45. The van der Waals surface area contributed by atoms with Crippen LogP contribution in [0.2, 0.25) is 0 Å². The summed E-state index contributed by atoms with van der Waals surface area (Å²) in [6, 6.07) is 11.3. The van der Waals surface area contributed by atoms with E-state index in [2.05, 4.69) is 5.32 Å². The van der Waals surface area contributed by atoms with Gasteiger partial charge in [0.25, 0.3) is 5.91 Å². The molecule has 0 saturated carbocycles. The van der Waals surface area contributed by atoms with Gasteiger partial charge in [-0.25, -0.2) is 9.18 Å². The number of hydrogen-bond acceptors (Lipinski definition) is 5. The molecule has 0 fully saturated rings. The molecule has 28 heavy (non-hydrogen) atoms. The van der Waals surface area contributed by atoms with Crippen LogP contribution >= 0.6 is 0 Å². The van der Waals surface area contributed by atoms with Crippen molar-refractivity contribution in [1.29, 1.82) is 0 Å². The second-order valence-electron chi connectivity index (χ2n) is 6.39. The lowest BCUT2D eigenvalue weighted by molar-refractivity contribution is -0.147. The molecule has 2 aromatic rings. The van der Waals surface area contributed by atoms with Gasteiger partial charge in [-0.2, -0.15) is 0 Å². The molecule has 0 aliphatic heterocycles. The third kappa shape index (κ3) is 6.26. The van der Waals surface area contributed by atoms with Gasteiger partial charge in [-0.1, -0.05) is 13.8 Å². The van der Waals surface area contributed by atoms with Crippen molar-refractivity contribution >= 4 is 11.9 Å². The second-order valence-corrected chi connectivity index (χ2v) is 6.39. The molecule has 2 aromatic carbocycles. The highest BCUT2D eigenvalue weighted by molar-refractivity contribution is 5.96. The molecule has 0 aromatic heterocycles. The average Bonchev–Trinajstić information content (AvgIpc) is 2.70. The fraction of sp³-hybridized carbons (Fsp3) is 0.333. The first-order chi connectivity index (χ1) is 13.4. The molecular weight excluding hydrogens is 365 g/mol. The number of methoxy groups -OCH3 is 1. The van der Waals surface area contributed by atoms with Crippen LogP contribution in [0, 0.1) is 11.7 Å². The van der Waals surface area contributed by atoms with Crippen molar-refractivity contribution in [1.82, 2.24) is 5.32 Å². The van der Waals surface area contributed by atoms with Crippen LogP contribution < -0.4 is 14.8 Å². The number of amides is 1. The molecule has 0 aliphatic rings. The highest BCUT2D eigenvalue weighted by Gasteiger charge is 2.26. The molecule has 150 valence electrons. The lowest BCUT2D eigenvalue weighted by Gasteiger charge is -2.21. The number of halogens is 1. The molecule has 0 bridgehead atoms. The second kappa shape index (κ2) is 10.3. The summed E-state index contributed by atoms with van der Waals surface area (Å²) in [7, 11) is 1.54. The number of esters is 1. The molecule has 1 N–H and O–H groups in total. The van der Waals surface area contributed by atoms with E-state index in [9.17, 15) is 14.0 Å². The topological polar surface area (TPSA) is 73.9 Å². The zero-order valence-electron chi connectivity index (χ0n) is 16.1. The minimum absolute atomic E-state index is 0.0117. The van der Waals surface area contributed by atoms with Crippen molar-refractivity contribution in [2.45, 2.75) is 19.9 Å². The first-order valence-corrected chi connectivity index (χ1v) is 8.90. The molecule has 2 rings (SSSR count). The molecular formula is C21H24FNO5. The summed E-state index contributed by atoms with van der Waals surface area (Å²) in [6.07, 6.45) is 0. The van der Waals surface area contributed by atoms with Crippen LogP contribution in [0.4, 0.5) is 4.39 Å². The zero-order valence-corrected chi connectivity index (χ0v) is 16.1. The van der Waals surface area contributed by atoms with Gasteiger partial charge >= 0.3 is 5.97 Å². The molecule has 0 radical (unpaired) electrons. The highest BCUT2D eigenvalue weighted by atomic mass is 19.1. The third-order valence-corrected chi connectivity index (χ3v) is 3.97. The molecule has 0 unspecified atom stereocenters. The summed E-state index contributed by atoms with van der Waals surface area (Å²) in [4.78, 5) is 24.7. The average molecular weight is 389 g/mol. The van der Waals surface area contributed by atoms with Crippen molar-refractivity contribution < 1.29 is 28.2 Å². The maximum atomic E-state index is 12.8. The standard InChI is InChI=1S/C21H24FNO5/c1-14(2)19(23-20(24)15-4-8-17(26-3)9-5-15)21(25)28-13-12-27-18-10-6-16(22)7-11-18/h4-11,14,19H,12-13H2,1-3H3,(H,23,24)/t19-/m0/s1. The van der Waals surface area contributed by atoms with Crippen molar-refractivity contribution in [2.24, 2.45) is 5.92 Å². The Morgan fingerprint density at radius 2 is 1.57 bits per heavy atom. The van der Waals surface area contributed by atoms with E-state index in [1.54, 1.807) is 31.4 Å². The predicted octanol–water partition coefficient (Wildman–Crippen LogP) is 3.21. The Balaban J connectivity index is 1.84. The maximum Gasteiger partial charge on any atom is 0.329 e. The van der Waals surface area contributed by atoms with Crippen LogP contribution in [0.3, 0.4) is 0 Å². The first-order valence-electron chi connectivity index (χ1n) is 8.90. The van der Waals surface area contributed by atoms with Crippen LogP contribution in [0.5, 0.6) is 11.5 Å². The number of nitrogens with one attached hydrogen (secondary N) is 1. The molecule has 0 aliphatic carbocycles. The van der Waals surface area contributed by atoms with Crippen LogP contribution in [0.1, 0.15) is 24.2 Å². The minimum atomic E-state index is -0.791. The highest BCUT2D eigenvalue weighted by Crippen LogP contribution is 2.13. The summed E-state index contributed by atoms with van der Waals surface area (Å²) >= 11 is 0. The SMILES string of the molecule is COc1ccc(C(=O)N[C@H](C(=O)OCCOc2ccc(F)cc2)C(C)C)cc1. The summed E-state index contributed by atoms with van der Waals surface area (Å²) in [6.45, 7) is 3.76. The van der Waals surface area contributed by atoms with Gasteiger partial charge in [0.2, 0.25) is 0 Å². The quantitative estimate of drug-likeness (QED) is 0.527. The largest absolute Gasteiger partial charge is 0.497 e. The molecule has 0 heterocycles. The van der Waals surface area contributed by atoms with Gasteiger partial charge in [-0.15, -0.1) is 0 Å². The van der Waals surface area contributed by atoms with E-state index in [-0.39, 0.29) is 30.9 Å². The fourth-order valence-corrected chi connectivity index (χ4v) is 2.39. The van der Waals surface area contributed by atoms with Crippen molar-refractivity contribution in [3.63, 3.8) is 0 Å². The lowest BCUT2D eigenvalue weighted by atomic mass is 10.0. The van der Waals surface area contributed by atoms with E-state index in [1.165, 1.54) is 24.3 Å². The molecule has 1 amide bonds. The van der Waals surface area contributed by atoms with Gasteiger partial charge in [0.15, 0.2) is 0 Å². The Hall–Kier alpha value is -3.09. The van der Waals surface area contributed by atoms with Crippen LogP contribution in [0.15, 0.2) is 48.5 Å². The number of rotatable bonds is 9. The Kier molecular flexibility index (Phi) is 7.80. The van der Waals surface area contributed by atoms with Crippen molar-refractivity contribution in [3.8, 4) is 11.5 Å². The number of ether oxygens (including phenoxy) is 3. The first kappa shape index (κ1) is 21.2. The van der Waals surface area contributed by atoms with Crippen LogP contribution in [-0.2, 0) is 9.53 Å². The van der Waals surface area contributed by atoms with Gasteiger partial charge in [0, 0.05) is 5.56 Å². The van der Waals surface area contributed by atoms with E-state index >= 15 is 0 Å². The Morgan fingerprint density at radius 1 is 0.964 bits per heavy atom. The van der Waals surface area contributed by atoms with E-state index in [1.807, 2.05) is 13.8 Å². The third-order valence-electron chi connectivity index (χ3n) is 3.97. The van der Waals surface area contributed by atoms with Gasteiger partial charge < -0.3 is 19.5 Å². The fourth-order valence-electron chi connectivity index (χ4n) is 2.39. The van der Waals surface area contributed by atoms with E-state index in [4.69, 9.17) is 14.2 Å². The van der Waals surface area contributed by atoms with E-state index < -0.39 is 12.0 Å². The molecule has 6 nitrogen and oxygen atoms in total. The Labute approximate surface area is 163 Å². The van der Waals surface area contributed by atoms with Gasteiger partial charge in [-0.3, -0.25) is 4.79 Å². The smallest absolute Gasteiger partial charge is 0.329 e. The summed E-state index contributed by atoms with van der Waals surface area (Å²) in [5.41, 5.74) is 0.416. The van der Waals surface area contributed by atoms with Crippen molar-refractivity contribution in [3.05, 3.63) is 59.9 Å². The van der Waals surface area contributed by atoms with E-state index in [0.717, 1.165) is 0 Å². The maximum absolute atomic E-state index is 12.8. The number of hydrogen-bond donors (Lipinski definition) is 1. The number of carbonyl (C=O) groups excluding carboxylic acids is 2. The Bertz CT molecular complexity index is 774. The Morgan fingerprint density at radius 3 is 2.14 bits per heavy atom. The normalized spacial score (nSPS) is 11.6. The van der Waals surface area contributed by atoms with Crippen LogP contribution in [0.25, 0.3) is 0 Å².